The highest BCUT2D eigenvalue weighted by molar-refractivity contribution is 6.34. The molecular weight excluding hydrogens is 380 g/mol. The number of amides is 2. The molecule has 2 heterocycles. The third-order valence-electron chi connectivity index (χ3n) is 5.49. The summed E-state index contributed by atoms with van der Waals surface area (Å²) in [6, 6.07) is 7.58. The molecule has 3 N–H and O–H groups in total. The Labute approximate surface area is 177 Å². The molecule has 160 valence electrons. The molecule has 2 amide bonds. The Kier molecular flexibility index (Phi) is 7.07. The molecule has 7 heteroatoms. The summed E-state index contributed by atoms with van der Waals surface area (Å²) in [4.78, 5) is 30.9. The molecule has 0 atom stereocenters. The minimum absolute atomic E-state index is 0.135. The van der Waals surface area contributed by atoms with Crippen molar-refractivity contribution >= 4 is 29.2 Å². The second-order valence-corrected chi connectivity index (χ2v) is 7.29. The summed E-state index contributed by atoms with van der Waals surface area (Å²) in [5.74, 6) is -0.285. The lowest BCUT2D eigenvalue weighted by Crippen LogP contribution is -2.35. The highest BCUT2D eigenvalue weighted by Gasteiger charge is 2.25. The number of benzene rings is 1. The molecule has 1 aliphatic rings. The molecule has 0 saturated carbocycles. The van der Waals surface area contributed by atoms with Gasteiger partial charge in [-0.25, -0.2) is 0 Å². The average molecular weight is 411 g/mol. The molecule has 2 aromatic rings. The number of methoxy groups -OCH3 is 1. The summed E-state index contributed by atoms with van der Waals surface area (Å²) in [5, 5.41) is 5.89. The normalized spacial score (nSPS) is 14.3. The maximum absolute atomic E-state index is 12.9. The van der Waals surface area contributed by atoms with E-state index in [4.69, 9.17) is 4.74 Å². The molecule has 1 aromatic carbocycles. The van der Waals surface area contributed by atoms with Gasteiger partial charge >= 0.3 is 0 Å². The maximum atomic E-state index is 12.9. The van der Waals surface area contributed by atoms with Crippen LogP contribution in [0.15, 0.2) is 24.3 Å². The van der Waals surface area contributed by atoms with Crippen LogP contribution < -0.4 is 10.6 Å². The minimum atomic E-state index is -0.149. The van der Waals surface area contributed by atoms with E-state index in [1.807, 2.05) is 37.3 Å². The maximum Gasteiger partial charge on any atom is 0.256 e. The lowest BCUT2D eigenvalue weighted by Gasteiger charge is -2.18. The van der Waals surface area contributed by atoms with Crippen molar-refractivity contribution in [2.75, 3.05) is 38.6 Å². The number of H-pyrrole nitrogens is 1. The van der Waals surface area contributed by atoms with Crippen molar-refractivity contribution in [1.29, 1.82) is 0 Å². The van der Waals surface area contributed by atoms with Gasteiger partial charge in [0.05, 0.1) is 23.4 Å². The number of nitrogens with one attached hydrogen (secondary N) is 3. The van der Waals surface area contributed by atoms with Crippen LogP contribution in [-0.2, 0) is 16.1 Å². The molecule has 0 aliphatic carbocycles. The van der Waals surface area contributed by atoms with Crippen LogP contribution in [0.4, 0.5) is 5.69 Å². The molecule has 1 aromatic heterocycles. The van der Waals surface area contributed by atoms with Crippen LogP contribution in [0.3, 0.4) is 0 Å². The number of likely N-dealkylation sites (N-methyl/N-ethyl adjacent to an activating group) is 1. The number of rotatable bonds is 9. The molecule has 3 rings (SSSR count). The smallest absolute Gasteiger partial charge is 0.256 e. The lowest BCUT2D eigenvalue weighted by atomic mass is 10.0. The number of aromatic amines is 1. The zero-order valence-corrected chi connectivity index (χ0v) is 18.1. The number of carbonyl (C=O) groups is 2. The van der Waals surface area contributed by atoms with Gasteiger partial charge in [-0.1, -0.05) is 32.0 Å². The Hall–Kier alpha value is -2.90. The van der Waals surface area contributed by atoms with Crippen LogP contribution in [0.25, 0.3) is 11.6 Å². The summed E-state index contributed by atoms with van der Waals surface area (Å²) in [6.45, 7) is 9.66. The van der Waals surface area contributed by atoms with Crippen LogP contribution in [-0.4, -0.2) is 55.0 Å². The Balaban J connectivity index is 1.88. The van der Waals surface area contributed by atoms with Crippen molar-refractivity contribution < 1.29 is 14.3 Å². The number of hydrogen-bond donors (Lipinski definition) is 3. The first-order valence-corrected chi connectivity index (χ1v) is 10.3. The van der Waals surface area contributed by atoms with Crippen molar-refractivity contribution in [2.24, 2.45) is 0 Å². The zero-order chi connectivity index (χ0) is 21.7. The summed E-state index contributed by atoms with van der Waals surface area (Å²) < 4.78 is 5.29. The van der Waals surface area contributed by atoms with Crippen molar-refractivity contribution in [1.82, 2.24) is 15.2 Å². The quantitative estimate of drug-likeness (QED) is 0.555. The van der Waals surface area contributed by atoms with Crippen LogP contribution >= 0.6 is 0 Å². The van der Waals surface area contributed by atoms with E-state index in [1.54, 1.807) is 7.11 Å². The Morgan fingerprint density at radius 2 is 1.97 bits per heavy atom. The molecule has 0 spiro atoms. The van der Waals surface area contributed by atoms with Crippen LogP contribution in [0.1, 0.15) is 46.7 Å². The molecule has 7 nitrogen and oxygen atoms in total. The van der Waals surface area contributed by atoms with Gasteiger partial charge in [-0.15, -0.1) is 0 Å². The first-order chi connectivity index (χ1) is 14.5. The van der Waals surface area contributed by atoms with Gasteiger partial charge < -0.3 is 25.3 Å². The van der Waals surface area contributed by atoms with Gasteiger partial charge in [-0.2, -0.15) is 0 Å². The minimum Gasteiger partial charge on any atom is -0.378 e. The number of anilines is 1. The van der Waals surface area contributed by atoms with Crippen LogP contribution in [0, 0.1) is 6.92 Å². The number of aromatic nitrogens is 1. The van der Waals surface area contributed by atoms with Crippen LogP contribution in [0.2, 0.25) is 0 Å². The van der Waals surface area contributed by atoms with Gasteiger partial charge in [-0.3, -0.25) is 9.59 Å². The fourth-order valence-corrected chi connectivity index (χ4v) is 3.77. The third kappa shape index (κ3) is 4.47. The van der Waals surface area contributed by atoms with Crippen molar-refractivity contribution in [3.8, 4) is 0 Å². The number of carbonyl (C=O) groups excluding carboxylic acids is 2. The second kappa shape index (κ2) is 9.73. The summed E-state index contributed by atoms with van der Waals surface area (Å²) >= 11 is 0. The van der Waals surface area contributed by atoms with E-state index in [1.165, 1.54) is 0 Å². The Morgan fingerprint density at radius 3 is 2.67 bits per heavy atom. The fraction of sp³-hybridized carbons (Fsp3) is 0.391. The monoisotopic (exact) mass is 410 g/mol. The largest absolute Gasteiger partial charge is 0.378 e. The Morgan fingerprint density at radius 1 is 1.23 bits per heavy atom. The molecule has 0 bridgehead atoms. The van der Waals surface area contributed by atoms with E-state index in [2.05, 4.69) is 34.4 Å². The van der Waals surface area contributed by atoms with Gasteiger partial charge in [-0.05, 0) is 37.7 Å². The summed E-state index contributed by atoms with van der Waals surface area (Å²) in [6.07, 6.45) is 1.81. The van der Waals surface area contributed by atoms with Gasteiger partial charge in [0.15, 0.2) is 0 Å². The third-order valence-corrected chi connectivity index (χ3v) is 5.49. The van der Waals surface area contributed by atoms with Gasteiger partial charge in [0.25, 0.3) is 11.8 Å². The average Bonchev–Trinajstić information content (AvgIpc) is 3.22. The number of para-hydroxylation sites is 1. The predicted octanol–water partition coefficient (Wildman–Crippen LogP) is 3.03. The lowest BCUT2D eigenvalue weighted by molar-refractivity contribution is -0.110. The fourth-order valence-electron chi connectivity index (χ4n) is 3.77. The summed E-state index contributed by atoms with van der Waals surface area (Å²) in [5.41, 5.74) is 5.04. The number of nitrogens with zero attached hydrogens (tertiary/aromatic N) is 1. The van der Waals surface area contributed by atoms with Crippen molar-refractivity contribution in [3.05, 3.63) is 52.3 Å². The molecule has 0 fully saturated rings. The number of ether oxygens (including phenoxy) is 1. The predicted molar refractivity (Wildman–Crippen MR) is 119 cm³/mol. The first-order valence-electron chi connectivity index (χ1n) is 10.3. The van der Waals surface area contributed by atoms with Gasteiger partial charge in [0.2, 0.25) is 0 Å². The molecule has 0 saturated heterocycles. The molecule has 0 radical (unpaired) electrons. The Bertz CT molecular complexity index is 957. The van der Waals surface area contributed by atoms with E-state index in [0.29, 0.717) is 23.4 Å². The standard InChI is InChI=1S/C23H30N4O3/c1-5-27(6-2)12-11-24-23(29)21-15(3)19(25-20(21)14-30-4)13-17-16-9-7-8-10-18(16)26-22(17)28/h7-10,13,25H,5-6,11-12,14H2,1-4H3,(H,24,29)(H,26,28)/b17-13-. The molecule has 0 unspecified atom stereocenters. The van der Waals surface area contributed by atoms with Crippen LogP contribution in [0.5, 0.6) is 0 Å². The highest BCUT2D eigenvalue weighted by Crippen LogP contribution is 2.33. The van der Waals surface area contributed by atoms with E-state index < -0.39 is 0 Å². The van der Waals surface area contributed by atoms with E-state index in [9.17, 15) is 9.59 Å². The molecule has 30 heavy (non-hydrogen) atoms. The number of hydrogen-bond acceptors (Lipinski definition) is 4. The van der Waals surface area contributed by atoms with E-state index in [0.717, 1.165) is 42.1 Å². The molecular formula is C23H30N4O3. The van der Waals surface area contributed by atoms with Gasteiger partial charge in [0, 0.05) is 37.1 Å². The first kappa shape index (κ1) is 21.8. The zero-order valence-electron chi connectivity index (χ0n) is 18.1. The van der Waals surface area contributed by atoms with E-state index in [-0.39, 0.29) is 18.4 Å². The molecule has 1 aliphatic heterocycles. The summed E-state index contributed by atoms with van der Waals surface area (Å²) in [7, 11) is 1.59. The van der Waals surface area contributed by atoms with E-state index >= 15 is 0 Å². The highest BCUT2D eigenvalue weighted by atomic mass is 16.5. The topological polar surface area (TPSA) is 86.5 Å². The number of fused-ring (bicyclic) bond motifs is 1. The van der Waals surface area contributed by atoms with Crippen molar-refractivity contribution in [3.63, 3.8) is 0 Å². The van der Waals surface area contributed by atoms with Crippen molar-refractivity contribution in [2.45, 2.75) is 27.4 Å². The van der Waals surface area contributed by atoms with Gasteiger partial charge in [0.1, 0.15) is 0 Å². The SMILES string of the molecule is CCN(CC)CCNC(=O)c1c(COC)[nH]c(/C=C2\C(=O)Nc3ccccc32)c1C. The second-order valence-electron chi connectivity index (χ2n) is 7.29.